The summed E-state index contributed by atoms with van der Waals surface area (Å²) in [5, 5.41) is 3.79. The molecule has 1 atom stereocenters. The Hall–Kier alpha value is -1.81. The Morgan fingerprint density at radius 3 is 3.00 bits per heavy atom. The number of likely N-dealkylation sites (tertiary alicyclic amines) is 1. The van der Waals surface area contributed by atoms with Crippen LogP contribution >= 0.6 is 0 Å². The molecule has 0 radical (unpaired) electrons. The smallest absolute Gasteiger partial charge is 0.150 e. The monoisotopic (exact) mass is 271 g/mol. The molecule has 2 aromatic rings. The normalized spacial score (nSPS) is 19.4. The number of anilines is 1. The van der Waals surface area contributed by atoms with E-state index >= 15 is 0 Å². The molecule has 0 saturated carbocycles. The Balaban J connectivity index is 1.79. The summed E-state index contributed by atoms with van der Waals surface area (Å²) in [7, 11) is 4.17. The lowest BCUT2D eigenvalue weighted by Gasteiger charge is -2.24. The van der Waals surface area contributed by atoms with Gasteiger partial charge >= 0.3 is 0 Å². The van der Waals surface area contributed by atoms with Crippen LogP contribution < -0.4 is 4.90 Å². The van der Waals surface area contributed by atoms with Gasteiger partial charge in [-0.25, -0.2) is 0 Å². The molecule has 1 aromatic heterocycles. The number of aromatic nitrogens is 1. The SMILES string of the molecule is CN(C)c1cccc([C@@H]2CCCN2Cc2ccno2)c1. The van der Waals surface area contributed by atoms with E-state index in [1.807, 2.05) is 6.07 Å². The van der Waals surface area contributed by atoms with Gasteiger partial charge in [-0.05, 0) is 37.1 Å². The van der Waals surface area contributed by atoms with Gasteiger partial charge in [0.1, 0.15) is 0 Å². The van der Waals surface area contributed by atoms with Crippen LogP contribution in [0.25, 0.3) is 0 Å². The highest BCUT2D eigenvalue weighted by atomic mass is 16.5. The van der Waals surface area contributed by atoms with Crippen LogP contribution in [-0.4, -0.2) is 30.7 Å². The summed E-state index contributed by atoms with van der Waals surface area (Å²) in [6, 6.07) is 11.3. The van der Waals surface area contributed by atoms with Gasteiger partial charge in [-0.15, -0.1) is 0 Å². The number of benzene rings is 1. The Morgan fingerprint density at radius 1 is 1.35 bits per heavy atom. The maximum Gasteiger partial charge on any atom is 0.150 e. The molecule has 20 heavy (non-hydrogen) atoms. The predicted molar refractivity (Wildman–Crippen MR) is 79.7 cm³/mol. The quantitative estimate of drug-likeness (QED) is 0.855. The highest BCUT2D eigenvalue weighted by molar-refractivity contribution is 5.48. The molecule has 1 aliphatic heterocycles. The molecule has 4 heteroatoms. The van der Waals surface area contributed by atoms with Crippen LogP contribution in [0, 0.1) is 0 Å². The topological polar surface area (TPSA) is 32.5 Å². The van der Waals surface area contributed by atoms with E-state index < -0.39 is 0 Å². The lowest BCUT2D eigenvalue weighted by molar-refractivity contribution is 0.217. The highest BCUT2D eigenvalue weighted by Crippen LogP contribution is 2.34. The lowest BCUT2D eigenvalue weighted by atomic mass is 10.0. The molecular formula is C16H21N3O. The van der Waals surface area contributed by atoms with Crippen molar-refractivity contribution in [2.45, 2.75) is 25.4 Å². The van der Waals surface area contributed by atoms with E-state index in [9.17, 15) is 0 Å². The Morgan fingerprint density at radius 2 is 2.25 bits per heavy atom. The van der Waals surface area contributed by atoms with Crippen LogP contribution in [0.5, 0.6) is 0 Å². The Labute approximate surface area is 120 Å². The Bertz CT molecular complexity index is 551. The summed E-state index contributed by atoms with van der Waals surface area (Å²) in [5.41, 5.74) is 2.65. The van der Waals surface area contributed by atoms with E-state index in [0.717, 1.165) is 18.8 Å². The van der Waals surface area contributed by atoms with Gasteiger partial charge in [0.15, 0.2) is 5.76 Å². The van der Waals surface area contributed by atoms with Crippen molar-refractivity contribution in [3.63, 3.8) is 0 Å². The molecule has 1 fully saturated rings. The van der Waals surface area contributed by atoms with Crippen LogP contribution in [0.2, 0.25) is 0 Å². The average molecular weight is 271 g/mol. The molecule has 0 bridgehead atoms. The van der Waals surface area contributed by atoms with E-state index in [1.54, 1.807) is 6.20 Å². The molecule has 1 aliphatic rings. The molecule has 1 saturated heterocycles. The minimum Gasteiger partial charge on any atom is -0.378 e. The van der Waals surface area contributed by atoms with Crippen molar-refractivity contribution in [1.29, 1.82) is 0 Å². The maximum absolute atomic E-state index is 5.24. The van der Waals surface area contributed by atoms with Crippen LogP contribution in [0.1, 0.15) is 30.2 Å². The van der Waals surface area contributed by atoms with Crippen molar-refractivity contribution < 1.29 is 4.52 Å². The van der Waals surface area contributed by atoms with Gasteiger partial charge < -0.3 is 9.42 Å². The number of nitrogens with zero attached hydrogens (tertiary/aromatic N) is 3. The third-order valence-electron chi connectivity index (χ3n) is 3.99. The fourth-order valence-electron chi connectivity index (χ4n) is 2.93. The fourth-order valence-corrected chi connectivity index (χ4v) is 2.93. The zero-order valence-corrected chi connectivity index (χ0v) is 12.1. The molecule has 0 unspecified atom stereocenters. The van der Waals surface area contributed by atoms with E-state index in [2.05, 4.69) is 53.3 Å². The standard InChI is InChI=1S/C16H21N3O/c1-18(2)14-6-3-5-13(11-14)16-7-4-10-19(16)12-15-8-9-17-20-15/h3,5-6,8-9,11,16H,4,7,10,12H2,1-2H3/t16-/m0/s1. The van der Waals surface area contributed by atoms with E-state index in [-0.39, 0.29) is 0 Å². The summed E-state index contributed by atoms with van der Waals surface area (Å²) in [6.45, 7) is 1.97. The summed E-state index contributed by atoms with van der Waals surface area (Å²) < 4.78 is 5.24. The summed E-state index contributed by atoms with van der Waals surface area (Å²) in [4.78, 5) is 4.63. The van der Waals surface area contributed by atoms with Crippen molar-refractivity contribution in [3.05, 3.63) is 47.9 Å². The minimum atomic E-state index is 0.486. The van der Waals surface area contributed by atoms with E-state index in [0.29, 0.717) is 6.04 Å². The maximum atomic E-state index is 5.24. The van der Waals surface area contributed by atoms with Gasteiger partial charge in [0.05, 0.1) is 12.7 Å². The second-order valence-electron chi connectivity index (χ2n) is 5.60. The van der Waals surface area contributed by atoms with Crippen molar-refractivity contribution in [1.82, 2.24) is 10.1 Å². The highest BCUT2D eigenvalue weighted by Gasteiger charge is 2.26. The van der Waals surface area contributed by atoms with E-state index in [4.69, 9.17) is 4.52 Å². The second-order valence-corrected chi connectivity index (χ2v) is 5.60. The number of hydrogen-bond acceptors (Lipinski definition) is 4. The molecule has 0 N–H and O–H groups in total. The number of hydrogen-bond donors (Lipinski definition) is 0. The summed E-state index contributed by atoms with van der Waals surface area (Å²) >= 11 is 0. The van der Waals surface area contributed by atoms with Crippen molar-refractivity contribution >= 4 is 5.69 Å². The average Bonchev–Trinajstić information content (AvgIpc) is 3.11. The van der Waals surface area contributed by atoms with Crippen molar-refractivity contribution in [2.75, 3.05) is 25.5 Å². The molecule has 2 heterocycles. The van der Waals surface area contributed by atoms with Gasteiger partial charge in [0.2, 0.25) is 0 Å². The van der Waals surface area contributed by atoms with Crippen LogP contribution in [0.4, 0.5) is 5.69 Å². The van der Waals surface area contributed by atoms with Crippen LogP contribution in [-0.2, 0) is 6.54 Å². The molecular weight excluding hydrogens is 250 g/mol. The van der Waals surface area contributed by atoms with Crippen molar-refractivity contribution in [3.8, 4) is 0 Å². The molecule has 0 amide bonds. The van der Waals surface area contributed by atoms with Gasteiger partial charge in [0.25, 0.3) is 0 Å². The van der Waals surface area contributed by atoms with Gasteiger partial charge in [-0.2, -0.15) is 0 Å². The zero-order chi connectivity index (χ0) is 13.9. The first kappa shape index (κ1) is 13.2. The van der Waals surface area contributed by atoms with E-state index in [1.165, 1.54) is 24.1 Å². The predicted octanol–water partition coefficient (Wildman–Crippen LogP) is 3.08. The molecule has 4 nitrogen and oxygen atoms in total. The van der Waals surface area contributed by atoms with Crippen LogP contribution in [0.3, 0.4) is 0 Å². The second kappa shape index (κ2) is 5.67. The molecule has 0 aliphatic carbocycles. The summed E-state index contributed by atoms with van der Waals surface area (Å²) in [6.07, 6.45) is 4.17. The van der Waals surface area contributed by atoms with Crippen molar-refractivity contribution in [2.24, 2.45) is 0 Å². The first-order chi connectivity index (χ1) is 9.74. The summed E-state index contributed by atoms with van der Waals surface area (Å²) in [5.74, 6) is 0.945. The van der Waals surface area contributed by atoms with Gasteiger partial charge in [-0.1, -0.05) is 17.3 Å². The first-order valence-corrected chi connectivity index (χ1v) is 7.15. The largest absolute Gasteiger partial charge is 0.378 e. The van der Waals surface area contributed by atoms with Gasteiger partial charge in [-0.3, -0.25) is 4.90 Å². The Kier molecular flexibility index (Phi) is 3.74. The molecule has 3 rings (SSSR count). The molecule has 1 aromatic carbocycles. The fraction of sp³-hybridized carbons (Fsp3) is 0.438. The number of rotatable bonds is 4. The molecule has 106 valence electrons. The zero-order valence-electron chi connectivity index (χ0n) is 12.1. The first-order valence-electron chi connectivity index (χ1n) is 7.15. The third kappa shape index (κ3) is 2.70. The third-order valence-corrected chi connectivity index (χ3v) is 3.99. The lowest BCUT2D eigenvalue weighted by Crippen LogP contribution is -2.22. The van der Waals surface area contributed by atoms with Crippen LogP contribution in [0.15, 0.2) is 41.1 Å². The molecule has 0 spiro atoms. The minimum absolute atomic E-state index is 0.486. The van der Waals surface area contributed by atoms with Gasteiger partial charge in [0, 0.05) is 31.9 Å².